The van der Waals surface area contributed by atoms with Crippen molar-refractivity contribution in [3.05, 3.63) is 95.9 Å². The normalized spacial score (nSPS) is 11.6. The molecule has 4 aromatic rings. The summed E-state index contributed by atoms with van der Waals surface area (Å²) in [4.78, 5) is 17.3. The van der Waals surface area contributed by atoms with E-state index in [1.165, 1.54) is 5.56 Å². The Morgan fingerprint density at radius 3 is 2.36 bits per heavy atom. The Balaban J connectivity index is 1.34. The average Bonchev–Trinajstić information content (AvgIpc) is 3.41. The summed E-state index contributed by atoms with van der Waals surface area (Å²) in [5.41, 5.74) is 3.15. The molecule has 0 aliphatic heterocycles. The van der Waals surface area contributed by atoms with Crippen LogP contribution < -0.4 is 14.8 Å². The third-order valence-electron chi connectivity index (χ3n) is 6.01. The molecule has 4 rings (SSSR count). The molecule has 0 aliphatic rings. The third kappa shape index (κ3) is 6.72. The monoisotopic (exact) mass is 485 g/mol. The molecule has 0 saturated heterocycles. The van der Waals surface area contributed by atoms with E-state index in [4.69, 9.17) is 14.0 Å². The summed E-state index contributed by atoms with van der Waals surface area (Å²) in [5, 5.41) is 7.26. The number of methoxy groups -OCH3 is 2. The van der Waals surface area contributed by atoms with E-state index in [2.05, 4.69) is 51.9 Å². The zero-order valence-corrected chi connectivity index (χ0v) is 20.6. The summed E-state index contributed by atoms with van der Waals surface area (Å²) in [7, 11) is 3.16. The van der Waals surface area contributed by atoms with Crippen LogP contribution in [-0.2, 0) is 17.6 Å². The molecular weight excluding hydrogens is 454 g/mol. The molecule has 0 fully saturated rings. The van der Waals surface area contributed by atoms with Crippen LogP contribution in [0.5, 0.6) is 11.5 Å². The highest BCUT2D eigenvalue weighted by Gasteiger charge is 2.17. The minimum atomic E-state index is -0.0487. The van der Waals surface area contributed by atoms with Gasteiger partial charge in [0.1, 0.15) is 0 Å². The molecule has 1 unspecified atom stereocenters. The van der Waals surface area contributed by atoms with Gasteiger partial charge in [-0.05, 0) is 48.6 Å². The molecule has 36 heavy (non-hydrogen) atoms. The van der Waals surface area contributed by atoms with Gasteiger partial charge in [-0.1, -0.05) is 65.8 Å². The molecule has 7 nitrogen and oxygen atoms in total. The maximum absolute atomic E-state index is 12.8. The number of nitrogens with zero attached hydrogens (tertiary/aromatic N) is 2. The fraction of sp³-hybridized carbons (Fsp3) is 0.276. The molecule has 0 aliphatic carbocycles. The van der Waals surface area contributed by atoms with Crippen molar-refractivity contribution in [2.24, 2.45) is 0 Å². The highest BCUT2D eigenvalue weighted by Crippen LogP contribution is 2.31. The third-order valence-corrected chi connectivity index (χ3v) is 6.01. The van der Waals surface area contributed by atoms with E-state index in [1.54, 1.807) is 26.4 Å². The zero-order chi connectivity index (χ0) is 25.2. The molecule has 1 heterocycles. The van der Waals surface area contributed by atoms with Crippen molar-refractivity contribution in [3.63, 3.8) is 0 Å². The van der Waals surface area contributed by atoms with Gasteiger partial charge >= 0.3 is 0 Å². The number of aromatic nitrogens is 2. The number of aryl methyl sites for hydroxylation is 2. The predicted molar refractivity (Wildman–Crippen MR) is 138 cm³/mol. The van der Waals surface area contributed by atoms with Crippen molar-refractivity contribution >= 4 is 5.91 Å². The SMILES string of the molecule is COc1ccc(-c2noc(CCC(=O)NC(CCCc3ccccc3)c3ccccc3)n2)cc1OC. The number of carbonyl (C=O) groups excluding carboxylic acids is 1. The van der Waals surface area contributed by atoms with Crippen LogP contribution in [0.1, 0.15) is 42.3 Å². The summed E-state index contributed by atoms with van der Waals surface area (Å²) in [5.74, 6) is 2.01. The Morgan fingerprint density at radius 2 is 1.64 bits per heavy atom. The average molecular weight is 486 g/mol. The van der Waals surface area contributed by atoms with Gasteiger partial charge in [-0.2, -0.15) is 4.98 Å². The minimum Gasteiger partial charge on any atom is -0.493 e. The van der Waals surface area contributed by atoms with Crippen LogP contribution in [0.25, 0.3) is 11.4 Å². The first-order valence-corrected chi connectivity index (χ1v) is 12.1. The Morgan fingerprint density at radius 1 is 0.917 bits per heavy atom. The van der Waals surface area contributed by atoms with Gasteiger partial charge in [0.15, 0.2) is 11.5 Å². The minimum absolute atomic E-state index is 0.0468. The summed E-state index contributed by atoms with van der Waals surface area (Å²) in [6, 6.07) is 25.9. The summed E-state index contributed by atoms with van der Waals surface area (Å²) < 4.78 is 16.0. The molecular formula is C29H31N3O4. The van der Waals surface area contributed by atoms with E-state index in [0.29, 0.717) is 29.6 Å². The van der Waals surface area contributed by atoms with E-state index in [-0.39, 0.29) is 18.4 Å². The first kappa shape index (κ1) is 25.0. The fourth-order valence-electron chi connectivity index (χ4n) is 4.10. The topological polar surface area (TPSA) is 86.5 Å². The van der Waals surface area contributed by atoms with Crippen molar-refractivity contribution in [2.75, 3.05) is 14.2 Å². The lowest BCUT2D eigenvalue weighted by molar-refractivity contribution is -0.122. The molecule has 7 heteroatoms. The number of carbonyl (C=O) groups is 1. The summed E-state index contributed by atoms with van der Waals surface area (Å²) in [6.45, 7) is 0. The lowest BCUT2D eigenvalue weighted by Crippen LogP contribution is -2.28. The second-order valence-electron chi connectivity index (χ2n) is 8.49. The van der Waals surface area contributed by atoms with Crippen LogP contribution in [0.4, 0.5) is 0 Å². The van der Waals surface area contributed by atoms with Crippen LogP contribution >= 0.6 is 0 Å². The predicted octanol–water partition coefficient (Wildman–Crippen LogP) is 5.57. The number of ether oxygens (including phenoxy) is 2. The maximum atomic E-state index is 12.8. The number of rotatable bonds is 12. The van der Waals surface area contributed by atoms with Gasteiger partial charge in [-0.25, -0.2) is 0 Å². The molecule has 0 spiro atoms. The standard InChI is InChI=1S/C29H31N3O4/c1-34-25-17-16-23(20-26(25)35-2)29-31-28(36-32-29)19-18-27(33)30-24(22-13-7-4-8-14-22)15-9-12-21-10-5-3-6-11-21/h3-8,10-11,13-14,16-17,20,24H,9,12,15,18-19H2,1-2H3,(H,30,33). The Kier molecular flexibility index (Phi) is 8.70. The Bertz CT molecular complexity index is 1240. The van der Waals surface area contributed by atoms with Crippen LogP contribution in [0.15, 0.2) is 83.4 Å². The van der Waals surface area contributed by atoms with E-state index in [0.717, 1.165) is 30.4 Å². The smallest absolute Gasteiger partial charge is 0.227 e. The zero-order valence-electron chi connectivity index (χ0n) is 20.6. The van der Waals surface area contributed by atoms with Crippen LogP contribution in [0.3, 0.4) is 0 Å². The quantitative estimate of drug-likeness (QED) is 0.282. The molecule has 0 radical (unpaired) electrons. The van der Waals surface area contributed by atoms with Gasteiger partial charge in [0.25, 0.3) is 0 Å². The molecule has 1 atom stereocenters. The lowest BCUT2D eigenvalue weighted by atomic mass is 9.98. The number of benzene rings is 3. The second kappa shape index (κ2) is 12.5. The molecule has 186 valence electrons. The van der Waals surface area contributed by atoms with Gasteiger partial charge in [-0.3, -0.25) is 4.79 Å². The van der Waals surface area contributed by atoms with E-state index >= 15 is 0 Å². The Labute approximate surface area is 211 Å². The second-order valence-corrected chi connectivity index (χ2v) is 8.49. The van der Waals surface area contributed by atoms with Crippen LogP contribution in [-0.4, -0.2) is 30.3 Å². The van der Waals surface area contributed by atoms with Gasteiger partial charge in [0, 0.05) is 18.4 Å². The van der Waals surface area contributed by atoms with Crippen molar-refractivity contribution in [1.82, 2.24) is 15.5 Å². The molecule has 3 aromatic carbocycles. The van der Waals surface area contributed by atoms with E-state index in [9.17, 15) is 4.79 Å². The number of nitrogens with one attached hydrogen (secondary N) is 1. The highest BCUT2D eigenvalue weighted by molar-refractivity contribution is 5.76. The van der Waals surface area contributed by atoms with Crippen molar-refractivity contribution < 1.29 is 18.8 Å². The Hall–Kier alpha value is -4.13. The van der Waals surface area contributed by atoms with Crippen LogP contribution in [0.2, 0.25) is 0 Å². The van der Waals surface area contributed by atoms with Gasteiger partial charge in [0.2, 0.25) is 17.6 Å². The van der Waals surface area contributed by atoms with Gasteiger partial charge in [0.05, 0.1) is 20.3 Å². The number of hydrogen-bond donors (Lipinski definition) is 1. The fourth-order valence-corrected chi connectivity index (χ4v) is 4.10. The molecule has 1 aromatic heterocycles. The number of amides is 1. The van der Waals surface area contributed by atoms with Crippen LogP contribution in [0, 0.1) is 0 Å². The number of hydrogen-bond acceptors (Lipinski definition) is 6. The molecule has 0 saturated carbocycles. The lowest BCUT2D eigenvalue weighted by Gasteiger charge is -2.19. The maximum Gasteiger partial charge on any atom is 0.227 e. The molecule has 1 amide bonds. The largest absolute Gasteiger partial charge is 0.493 e. The summed E-state index contributed by atoms with van der Waals surface area (Å²) in [6.07, 6.45) is 3.42. The molecule has 0 bridgehead atoms. The van der Waals surface area contributed by atoms with Crippen molar-refractivity contribution in [3.8, 4) is 22.9 Å². The first-order valence-electron chi connectivity index (χ1n) is 12.1. The summed E-state index contributed by atoms with van der Waals surface area (Å²) >= 11 is 0. The van der Waals surface area contributed by atoms with E-state index in [1.807, 2.05) is 30.3 Å². The molecule has 1 N–H and O–H groups in total. The highest BCUT2D eigenvalue weighted by atomic mass is 16.5. The van der Waals surface area contributed by atoms with E-state index < -0.39 is 0 Å². The van der Waals surface area contributed by atoms with Gasteiger partial charge < -0.3 is 19.3 Å². The van der Waals surface area contributed by atoms with Crippen molar-refractivity contribution in [1.29, 1.82) is 0 Å². The first-order chi connectivity index (χ1) is 17.7. The van der Waals surface area contributed by atoms with Crippen molar-refractivity contribution in [2.45, 2.75) is 38.1 Å². The van der Waals surface area contributed by atoms with Gasteiger partial charge in [-0.15, -0.1) is 0 Å².